The van der Waals surface area contributed by atoms with E-state index in [0.717, 1.165) is 24.7 Å². The Hall–Kier alpha value is -1.77. The fourth-order valence-corrected chi connectivity index (χ4v) is 2.22. The van der Waals surface area contributed by atoms with Crippen molar-refractivity contribution in [1.29, 1.82) is 0 Å². The minimum absolute atomic E-state index is 0.172. The van der Waals surface area contributed by atoms with E-state index in [-0.39, 0.29) is 5.91 Å². The summed E-state index contributed by atoms with van der Waals surface area (Å²) in [4.78, 5) is 13.6. The molecule has 2 rings (SSSR count). The molecule has 0 radical (unpaired) electrons. The van der Waals surface area contributed by atoms with Gasteiger partial charge in [-0.25, -0.2) is 0 Å². The SMILES string of the molecule is C=CC(=O)Nc1ccc(N2CCC(C)CC2)cc1. The number of anilines is 2. The molecule has 0 bridgehead atoms. The fourth-order valence-electron chi connectivity index (χ4n) is 2.22. The minimum Gasteiger partial charge on any atom is -0.372 e. The van der Waals surface area contributed by atoms with Gasteiger partial charge in [-0.1, -0.05) is 13.5 Å². The van der Waals surface area contributed by atoms with E-state index in [2.05, 4.69) is 35.9 Å². The zero-order chi connectivity index (χ0) is 13.0. The third-order valence-electron chi connectivity index (χ3n) is 3.47. The van der Waals surface area contributed by atoms with Crippen molar-refractivity contribution < 1.29 is 4.79 Å². The predicted octanol–water partition coefficient (Wildman–Crippen LogP) is 3.05. The Bertz CT molecular complexity index is 417. The molecule has 3 nitrogen and oxygen atoms in total. The molecule has 0 spiro atoms. The summed E-state index contributed by atoms with van der Waals surface area (Å²) in [6.07, 6.45) is 3.80. The molecule has 1 N–H and O–H groups in total. The van der Waals surface area contributed by atoms with E-state index in [4.69, 9.17) is 0 Å². The number of benzene rings is 1. The van der Waals surface area contributed by atoms with Crippen LogP contribution in [-0.4, -0.2) is 19.0 Å². The van der Waals surface area contributed by atoms with E-state index in [1.807, 2.05) is 12.1 Å². The number of carbonyl (C=O) groups is 1. The van der Waals surface area contributed by atoms with E-state index < -0.39 is 0 Å². The summed E-state index contributed by atoms with van der Waals surface area (Å²) in [5, 5.41) is 2.75. The first-order chi connectivity index (χ1) is 8.69. The van der Waals surface area contributed by atoms with Crippen molar-refractivity contribution >= 4 is 17.3 Å². The van der Waals surface area contributed by atoms with Crippen LogP contribution in [0, 0.1) is 5.92 Å². The molecule has 0 saturated carbocycles. The molecule has 1 amide bonds. The van der Waals surface area contributed by atoms with Gasteiger partial charge in [-0.2, -0.15) is 0 Å². The number of nitrogens with one attached hydrogen (secondary N) is 1. The van der Waals surface area contributed by atoms with Crippen molar-refractivity contribution in [2.75, 3.05) is 23.3 Å². The highest BCUT2D eigenvalue weighted by molar-refractivity contribution is 5.98. The number of hydrogen-bond donors (Lipinski definition) is 1. The Balaban J connectivity index is 1.99. The van der Waals surface area contributed by atoms with Gasteiger partial charge < -0.3 is 10.2 Å². The molecule has 1 fully saturated rings. The Morgan fingerprint density at radius 1 is 1.33 bits per heavy atom. The maximum atomic E-state index is 11.2. The monoisotopic (exact) mass is 244 g/mol. The topological polar surface area (TPSA) is 32.3 Å². The molecular weight excluding hydrogens is 224 g/mol. The van der Waals surface area contributed by atoms with Crippen molar-refractivity contribution in [3.05, 3.63) is 36.9 Å². The van der Waals surface area contributed by atoms with Gasteiger partial charge in [0.15, 0.2) is 0 Å². The average molecular weight is 244 g/mol. The van der Waals surface area contributed by atoms with E-state index in [0.29, 0.717) is 0 Å². The first-order valence-corrected chi connectivity index (χ1v) is 6.47. The highest BCUT2D eigenvalue weighted by atomic mass is 16.1. The molecule has 0 unspecified atom stereocenters. The predicted molar refractivity (Wildman–Crippen MR) is 75.9 cm³/mol. The Morgan fingerprint density at radius 3 is 2.50 bits per heavy atom. The fraction of sp³-hybridized carbons (Fsp3) is 0.400. The van der Waals surface area contributed by atoms with Crippen molar-refractivity contribution in [3.8, 4) is 0 Å². The van der Waals surface area contributed by atoms with Gasteiger partial charge in [0, 0.05) is 24.5 Å². The molecule has 0 atom stereocenters. The molecule has 1 aliphatic heterocycles. The zero-order valence-electron chi connectivity index (χ0n) is 10.9. The maximum Gasteiger partial charge on any atom is 0.247 e. The lowest BCUT2D eigenvalue weighted by Crippen LogP contribution is -2.32. The summed E-state index contributed by atoms with van der Waals surface area (Å²) in [6, 6.07) is 8.01. The van der Waals surface area contributed by atoms with Crippen LogP contribution in [0.5, 0.6) is 0 Å². The van der Waals surface area contributed by atoms with Gasteiger partial charge in [-0.05, 0) is 49.1 Å². The third-order valence-corrected chi connectivity index (χ3v) is 3.47. The Kier molecular flexibility index (Phi) is 4.03. The zero-order valence-corrected chi connectivity index (χ0v) is 10.9. The summed E-state index contributed by atoms with van der Waals surface area (Å²) >= 11 is 0. The lowest BCUT2D eigenvalue weighted by Gasteiger charge is -2.32. The molecule has 1 saturated heterocycles. The molecule has 1 heterocycles. The molecule has 3 heteroatoms. The maximum absolute atomic E-state index is 11.2. The highest BCUT2D eigenvalue weighted by Crippen LogP contribution is 2.24. The number of carbonyl (C=O) groups excluding carboxylic acids is 1. The highest BCUT2D eigenvalue weighted by Gasteiger charge is 2.15. The molecule has 96 valence electrons. The third kappa shape index (κ3) is 3.13. The van der Waals surface area contributed by atoms with Crippen LogP contribution in [0.15, 0.2) is 36.9 Å². The molecular formula is C15H20N2O. The number of piperidine rings is 1. The van der Waals surface area contributed by atoms with Crippen molar-refractivity contribution in [3.63, 3.8) is 0 Å². The van der Waals surface area contributed by atoms with Crippen LogP contribution in [0.1, 0.15) is 19.8 Å². The number of amides is 1. The molecule has 1 aromatic rings. The van der Waals surface area contributed by atoms with Crippen LogP contribution in [0.4, 0.5) is 11.4 Å². The van der Waals surface area contributed by atoms with Crippen LogP contribution >= 0.6 is 0 Å². The first kappa shape index (κ1) is 12.7. The minimum atomic E-state index is -0.172. The van der Waals surface area contributed by atoms with Crippen molar-refractivity contribution in [1.82, 2.24) is 0 Å². The van der Waals surface area contributed by atoms with E-state index in [1.165, 1.54) is 24.6 Å². The van der Waals surface area contributed by atoms with Crippen LogP contribution in [-0.2, 0) is 4.79 Å². The van der Waals surface area contributed by atoms with Gasteiger partial charge in [0.05, 0.1) is 0 Å². The molecule has 1 aliphatic rings. The van der Waals surface area contributed by atoms with Crippen LogP contribution in [0.2, 0.25) is 0 Å². The standard InChI is InChI=1S/C15H20N2O/c1-3-15(18)16-13-4-6-14(7-5-13)17-10-8-12(2)9-11-17/h3-7,12H,1,8-11H2,2H3,(H,16,18). The average Bonchev–Trinajstić information content (AvgIpc) is 2.40. The lowest BCUT2D eigenvalue weighted by atomic mass is 9.99. The van der Waals surface area contributed by atoms with E-state index in [9.17, 15) is 4.79 Å². The summed E-state index contributed by atoms with van der Waals surface area (Å²) in [5.41, 5.74) is 2.05. The van der Waals surface area contributed by atoms with Crippen molar-refractivity contribution in [2.45, 2.75) is 19.8 Å². The summed E-state index contributed by atoms with van der Waals surface area (Å²) in [6.45, 7) is 7.99. The van der Waals surface area contributed by atoms with E-state index >= 15 is 0 Å². The van der Waals surface area contributed by atoms with Gasteiger partial charge >= 0.3 is 0 Å². The second-order valence-corrected chi connectivity index (χ2v) is 4.91. The van der Waals surface area contributed by atoms with Gasteiger partial charge in [-0.3, -0.25) is 4.79 Å². The summed E-state index contributed by atoms with van der Waals surface area (Å²) in [5.74, 6) is 0.668. The van der Waals surface area contributed by atoms with E-state index in [1.54, 1.807) is 0 Å². The lowest BCUT2D eigenvalue weighted by molar-refractivity contribution is -0.111. The van der Waals surface area contributed by atoms with Gasteiger partial charge in [0.1, 0.15) is 0 Å². The molecule has 0 aromatic heterocycles. The quantitative estimate of drug-likeness (QED) is 0.829. The van der Waals surface area contributed by atoms with Gasteiger partial charge in [0.25, 0.3) is 0 Å². The summed E-state index contributed by atoms with van der Waals surface area (Å²) in [7, 11) is 0. The van der Waals surface area contributed by atoms with Crippen LogP contribution < -0.4 is 10.2 Å². The molecule has 18 heavy (non-hydrogen) atoms. The van der Waals surface area contributed by atoms with Gasteiger partial charge in [0.2, 0.25) is 5.91 Å². The van der Waals surface area contributed by atoms with Crippen LogP contribution in [0.3, 0.4) is 0 Å². The Morgan fingerprint density at radius 2 is 1.94 bits per heavy atom. The number of nitrogens with zero attached hydrogens (tertiary/aromatic N) is 1. The molecule has 0 aliphatic carbocycles. The van der Waals surface area contributed by atoms with Crippen LogP contribution in [0.25, 0.3) is 0 Å². The normalized spacial score (nSPS) is 16.4. The smallest absolute Gasteiger partial charge is 0.247 e. The first-order valence-electron chi connectivity index (χ1n) is 6.47. The van der Waals surface area contributed by atoms with Crippen molar-refractivity contribution in [2.24, 2.45) is 5.92 Å². The second kappa shape index (κ2) is 5.71. The largest absolute Gasteiger partial charge is 0.372 e. The number of rotatable bonds is 3. The molecule has 1 aromatic carbocycles. The summed E-state index contributed by atoms with van der Waals surface area (Å²) < 4.78 is 0. The Labute approximate surface area is 108 Å². The number of hydrogen-bond acceptors (Lipinski definition) is 2. The van der Waals surface area contributed by atoms with Gasteiger partial charge in [-0.15, -0.1) is 0 Å². The second-order valence-electron chi connectivity index (χ2n) is 4.91.